The summed E-state index contributed by atoms with van der Waals surface area (Å²) in [7, 11) is 0. The highest BCUT2D eigenvalue weighted by molar-refractivity contribution is 5.95. The smallest absolute Gasteiger partial charge is 0.257 e. The van der Waals surface area contributed by atoms with Gasteiger partial charge in [0, 0.05) is 31.9 Å². The number of piperidine rings is 1. The van der Waals surface area contributed by atoms with Crippen LogP contribution in [0.3, 0.4) is 0 Å². The molecule has 2 amide bonds. The van der Waals surface area contributed by atoms with E-state index in [0.29, 0.717) is 38.3 Å². The number of nitrogens with two attached hydrogens (primary N) is 1. The first-order chi connectivity index (χ1) is 13.1. The van der Waals surface area contributed by atoms with Gasteiger partial charge in [-0.2, -0.15) is 5.10 Å². The molecule has 152 valence electrons. The quantitative estimate of drug-likeness (QED) is 0.763. The van der Waals surface area contributed by atoms with Crippen molar-refractivity contribution in [3.05, 3.63) is 53.3 Å². The second kappa shape index (κ2) is 10.2. The fourth-order valence-corrected chi connectivity index (χ4v) is 3.46. The first-order valence-corrected chi connectivity index (χ1v) is 9.43. The van der Waals surface area contributed by atoms with Crippen LogP contribution in [-0.4, -0.2) is 52.7 Å². The molecule has 0 saturated carbocycles. The summed E-state index contributed by atoms with van der Waals surface area (Å²) in [5.41, 5.74) is 8.03. The van der Waals surface area contributed by atoms with E-state index in [1.165, 1.54) is 0 Å². The molecule has 28 heavy (non-hydrogen) atoms. The van der Waals surface area contributed by atoms with Gasteiger partial charge in [-0.05, 0) is 25.3 Å². The molecule has 1 atom stereocenters. The molecule has 1 aromatic carbocycles. The van der Waals surface area contributed by atoms with Crippen LogP contribution in [0.15, 0.2) is 36.5 Å². The zero-order chi connectivity index (χ0) is 19.2. The molecule has 0 aliphatic carbocycles. The van der Waals surface area contributed by atoms with Crippen molar-refractivity contribution in [1.82, 2.24) is 20.0 Å². The minimum absolute atomic E-state index is 0. The molecule has 1 unspecified atom stereocenters. The summed E-state index contributed by atoms with van der Waals surface area (Å²) in [6.07, 6.45) is 3.26. The van der Waals surface area contributed by atoms with Crippen LogP contribution in [0, 0.1) is 12.8 Å². The molecule has 0 spiro atoms. The Bertz CT molecular complexity index is 793. The number of hydrogen-bond acceptors (Lipinski definition) is 4. The van der Waals surface area contributed by atoms with Crippen LogP contribution in [0.2, 0.25) is 0 Å². The first kappa shape index (κ1) is 21.9. The van der Waals surface area contributed by atoms with E-state index in [-0.39, 0.29) is 30.1 Å². The lowest BCUT2D eigenvalue weighted by Gasteiger charge is -2.32. The maximum atomic E-state index is 13.0. The van der Waals surface area contributed by atoms with Gasteiger partial charge >= 0.3 is 0 Å². The molecular formula is C20H28ClN5O2. The molecular weight excluding hydrogens is 378 g/mol. The van der Waals surface area contributed by atoms with Crippen LogP contribution < -0.4 is 11.1 Å². The largest absolute Gasteiger partial charge is 0.355 e. The summed E-state index contributed by atoms with van der Waals surface area (Å²) in [5.74, 6) is -0.244. The highest BCUT2D eigenvalue weighted by Crippen LogP contribution is 2.20. The zero-order valence-corrected chi connectivity index (χ0v) is 17.0. The van der Waals surface area contributed by atoms with Crippen molar-refractivity contribution in [2.45, 2.75) is 26.3 Å². The maximum absolute atomic E-state index is 13.0. The van der Waals surface area contributed by atoms with E-state index in [4.69, 9.17) is 5.73 Å². The average molecular weight is 406 g/mol. The van der Waals surface area contributed by atoms with Crippen molar-refractivity contribution in [3.63, 3.8) is 0 Å². The molecule has 1 fully saturated rings. The molecule has 3 N–H and O–H groups in total. The van der Waals surface area contributed by atoms with Crippen LogP contribution in [0.5, 0.6) is 0 Å². The maximum Gasteiger partial charge on any atom is 0.257 e. The number of hydrogen-bond donors (Lipinski definition) is 2. The number of amides is 2. The molecule has 1 aliphatic rings. The Morgan fingerprint density at radius 1 is 1.29 bits per heavy atom. The number of aromatic nitrogens is 2. The van der Waals surface area contributed by atoms with Crippen LogP contribution in [0.25, 0.3) is 0 Å². The van der Waals surface area contributed by atoms with Gasteiger partial charge in [-0.15, -0.1) is 12.4 Å². The topological polar surface area (TPSA) is 93.2 Å². The summed E-state index contributed by atoms with van der Waals surface area (Å²) in [5, 5.41) is 7.22. The van der Waals surface area contributed by atoms with Crippen molar-refractivity contribution in [1.29, 1.82) is 0 Å². The molecule has 3 rings (SSSR count). The minimum Gasteiger partial charge on any atom is -0.355 e. The van der Waals surface area contributed by atoms with Gasteiger partial charge in [-0.25, -0.2) is 0 Å². The lowest BCUT2D eigenvalue weighted by atomic mass is 9.96. The molecule has 1 saturated heterocycles. The summed E-state index contributed by atoms with van der Waals surface area (Å²) >= 11 is 0. The van der Waals surface area contributed by atoms with E-state index in [0.717, 1.165) is 24.1 Å². The molecule has 1 aliphatic heterocycles. The van der Waals surface area contributed by atoms with E-state index in [9.17, 15) is 9.59 Å². The molecule has 8 heteroatoms. The zero-order valence-electron chi connectivity index (χ0n) is 16.1. The van der Waals surface area contributed by atoms with Gasteiger partial charge in [0.1, 0.15) is 0 Å². The Balaban J connectivity index is 0.00000280. The van der Waals surface area contributed by atoms with Crippen LogP contribution in [0.1, 0.15) is 34.5 Å². The standard InChI is InChI=1S/C20H27N5O2.ClH/c1-15-18(12-23-25(15)13-16-6-3-2-4-7-16)20(27)24-11-5-8-17(14-24)19(26)22-10-9-21;/h2-4,6-7,12,17H,5,8-11,13-14,21H2,1H3,(H,22,26);1H. The van der Waals surface area contributed by atoms with Crippen LogP contribution in [-0.2, 0) is 11.3 Å². The Labute approximate surface area is 171 Å². The summed E-state index contributed by atoms with van der Waals surface area (Å²) in [6, 6.07) is 10.0. The van der Waals surface area contributed by atoms with Crippen LogP contribution in [0.4, 0.5) is 0 Å². The molecule has 1 aromatic heterocycles. The summed E-state index contributed by atoms with van der Waals surface area (Å²) in [4.78, 5) is 27.0. The number of carbonyl (C=O) groups is 2. The number of likely N-dealkylation sites (tertiary alicyclic amines) is 1. The van der Waals surface area contributed by atoms with E-state index in [1.807, 2.05) is 41.9 Å². The van der Waals surface area contributed by atoms with Crippen molar-refractivity contribution in [2.75, 3.05) is 26.2 Å². The fraction of sp³-hybridized carbons (Fsp3) is 0.450. The second-order valence-electron chi connectivity index (χ2n) is 6.96. The van der Waals surface area contributed by atoms with E-state index in [2.05, 4.69) is 10.4 Å². The van der Waals surface area contributed by atoms with E-state index < -0.39 is 0 Å². The predicted octanol–water partition coefficient (Wildman–Crippen LogP) is 1.59. The third-order valence-corrected chi connectivity index (χ3v) is 5.03. The Hall–Kier alpha value is -2.38. The van der Waals surface area contributed by atoms with Crippen molar-refractivity contribution < 1.29 is 9.59 Å². The monoisotopic (exact) mass is 405 g/mol. The lowest BCUT2D eigenvalue weighted by molar-refractivity contribution is -0.126. The van der Waals surface area contributed by atoms with E-state index >= 15 is 0 Å². The van der Waals surface area contributed by atoms with Gasteiger partial charge in [0.05, 0.1) is 24.2 Å². The Morgan fingerprint density at radius 2 is 2.04 bits per heavy atom. The Kier molecular flexibility index (Phi) is 8.02. The highest BCUT2D eigenvalue weighted by atomic mass is 35.5. The SMILES string of the molecule is Cc1c(C(=O)N2CCCC(C(=O)NCCN)C2)cnn1Cc1ccccc1.Cl. The number of halogens is 1. The lowest BCUT2D eigenvalue weighted by Crippen LogP contribution is -2.46. The third kappa shape index (κ3) is 5.11. The van der Waals surface area contributed by atoms with Gasteiger partial charge < -0.3 is 16.0 Å². The van der Waals surface area contributed by atoms with Gasteiger partial charge in [-0.1, -0.05) is 30.3 Å². The van der Waals surface area contributed by atoms with Crippen molar-refractivity contribution in [3.8, 4) is 0 Å². The summed E-state index contributed by atoms with van der Waals surface area (Å²) in [6.45, 7) is 4.54. The van der Waals surface area contributed by atoms with Gasteiger partial charge in [0.2, 0.25) is 5.91 Å². The van der Waals surface area contributed by atoms with E-state index in [1.54, 1.807) is 11.1 Å². The number of carbonyl (C=O) groups excluding carboxylic acids is 2. The normalized spacial score (nSPS) is 16.4. The Morgan fingerprint density at radius 3 is 2.75 bits per heavy atom. The predicted molar refractivity (Wildman–Crippen MR) is 110 cm³/mol. The van der Waals surface area contributed by atoms with Crippen molar-refractivity contribution >= 4 is 24.2 Å². The van der Waals surface area contributed by atoms with Gasteiger partial charge in [0.15, 0.2) is 0 Å². The molecule has 0 bridgehead atoms. The third-order valence-electron chi connectivity index (χ3n) is 5.03. The number of rotatable bonds is 6. The first-order valence-electron chi connectivity index (χ1n) is 9.43. The van der Waals surface area contributed by atoms with Crippen LogP contribution >= 0.6 is 12.4 Å². The average Bonchev–Trinajstić information content (AvgIpc) is 3.06. The summed E-state index contributed by atoms with van der Waals surface area (Å²) < 4.78 is 1.85. The molecule has 2 aromatic rings. The number of nitrogens with zero attached hydrogens (tertiary/aromatic N) is 3. The number of nitrogens with one attached hydrogen (secondary N) is 1. The second-order valence-corrected chi connectivity index (χ2v) is 6.96. The highest BCUT2D eigenvalue weighted by Gasteiger charge is 2.30. The molecule has 0 radical (unpaired) electrons. The molecule has 2 heterocycles. The fourth-order valence-electron chi connectivity index (χ4n) is 3.46. The number of benzene rings is 1. The van der Waals surface area contributed by atoms with Gasteiger partial charge in [0.25, 0.3) is 5.91 Å². The van der Waals surface area contributed by atoms with Crippen molar-refractivity contribution in [2.24, 2.45) is 11.7 Å². The molecule has 7 nitrogen and oxygen atoms in total. The minimum atomic E-state index is -0.172. The van der Waals surface area contributed by atoms with Gasteiger partial charge in [-0.3, -0.25) is 14.3 Å².